The van der Waals surface area contributed by atoms with Gasteiger partial charge in [0.25, 0.3) is 0 Å². The Hall–Kier alpha value is 0.703. The molecule has 0 amide bonds. The molecule has 66 valence electrons. The molecule has 0 spiro atoms. The molecule has 0 heterocycles. The van der Waals surface area contributed by atoms with E-state index >= 15 is 0 Å². The summed E-state index contributed by atoms with van der Waals surface area (Å²) in [6, 6.07) is -2.33. The van der Waals surface area contributed by atoms with Gasteiger partial charge in [0.05, 0.1) is 0 Å². The molecule has 0 saturated carbocycles. The normalized spacial score (nSPS) is 13.5. The molecule has 0 radical (unpaired) electrons. The minimum absolute atomic E-state index is 0. The summed E-state index contributed by atoms with van der Waals surface area (Å²) >= 11 is -4.48. The van der Waals surface area contributed by atoms with E-state index in [1.807, 2.05) is 0 Å². The van der Waals surface area contributed by atoms with Gasteiger partial charge in [0.2, 0.25) is 0 Å². The van der Waals surface area contributed by atoms with Crippen molar-refractivity contribution in [1.29, 1.82) is 0 Å². The summed E-state index contributed by atoms with van der Waals surface area (Å²) in [7, 11) is 0. The largest absolute Gasteiger partial charge is 0.304 e. The summed E-state index contributed by atoms with van der Waals surface area (Å²) in [5, 5.41) is 0. The van der Waals surface area contributed by atoms with E-state index in [4.69, 9.17) is 17.5 Å². The van der Waals surface area contributed by atoms with Crippen molar-refractivity contribution in [1.82, 2.24) is 0 Å². The first-order valence-corrected chi connectivity index (χ1v) is 4.36. The van der Waals surface area contributed by atoms with E-state index in [9.17, 15) is 8.78 Å². The molecule has 0 rings (SSSR count). The third-order valence-corrected chi connectivity index (χ3v) is 0.560. The maximum atomic E-state index is 10.6. The van der Waals surface area contributed by atoms with Gasteiger partial charge in [-0.2, -0.15) is 0 Å². The van der Waals surface area contributed by atoms with Crippen LogP contribution in [0.15, 0.2) is 0 Å². The molecule has 0 aliphatic heterocycles. The summed E-state index contributed by atoms with van der Waals surface area (Å²) in [5.41, 5.74) is 0. The van der Waals surface area contributed by atoms with E-state index in [0.717, 1.165) is 0 Å². The van der Waals surface area contributed by atoms with Crippen molar-refractivity contribution < 1.29 is 45.8 Å². The predicted octanol–water partition coefficient (Wildman–Crippen LogP) is 0.268. The molecule has 2 unspecified atom stereocenters. The SMILES string of the molecule is O=S(O)CF.O=S(O)CF.[Zn]. The van der Waals surface area contributed by atoms with Gasteiger partial charge in [0.15, 0.2) is 34.2 Å². The Morgan fingerprint density at radius 1 is 1.00 bits per heavy atom. The molecule has 2 atom stereocenters. The van der Waals surface area contributed by atoms with E-state index in [0.29, 0.717) is 0 Å². The van der Waals surface area contributed by atoms with Crippen LogP contribution < -0.4 is 0 Å². The third kappa shape index (κ3) is 36.7. The molecule has 9 heteroatoms. The molecule has 0 bridgehead atoms. The van der Waals surface area contributed by atoms with Gasteiger partial charge in [-0.1, -0.05) is 0 Å². The van der Waals surface area contributed by atoms with Crippen LogP contribution in [0.5, 0.6) is 0 Å². The zero-order chi connectivity index (χ0) is 8.57. The van der Waals surface area contributed by atoms with Gasteiger partial charge < -0.3 is 9.11 Å². The number of halogens is 2. The summed E-state index contributed by atoms with van der Waals surface area (Å²) in [5.74, 6) is 0. The van der Waals surface area contributed by atoms with Gasteiger partial charge >= 0.3 is 0 Å². The topological polar surface area (TPSA) is 74.6 Å². The Morgan fingerprint density at radius 3 is 1.09 bits per heavy atom. The molecular weight excluding hydrogens is 256 g/mol. The van der Waals surface area contributed by atoms with Gasteiger partial charge in [0, 0.05) is 19.5 Å². The summed E-state index contributed by atoms with van der Waals surface area (Å²) in [6.07, 6.45) is 0. The van der Waals surface area contributed by atoms with Crippen LogP contribution in [0.2, 0.25) is 0 Å². The Balaban J connectivity index is -0.000000107. The molecule has 4 nitrogen and oxygen atoms in total. The van der Waals surface area contributed by atoms with Crippen LogP contribution >= 0.6 is 0 Å². The zero-order valence-corrected chi connectivity index (χ0v) is 10.0. The van der Waals surface area contributed by atoms with E-state index in [1.54, 1.807) is 0 Å². The minimum atomic E-state index is -2.24. The minimum Gasteiger partial charge on any atom is -0.304 e. The first kappa shape index (κ1) is 17.7. The van der Waals surface area contributed by atoms with Gasteiger partial charge in [-0.3, -0.25) is 0 Å². The summed E-state index contributed by atoms with van der Waals surface area (Å²) in [4.78, 5) is 0. The zero-order valence-electron chi connectivity index (χ0n) is 5.40. The molecule has 0 aromatic rings. The van der Waals surface area contributed by atoms with E-state index in [2.05, 4.69) is 0 Å². The van der Waals surface area contributed by atoms with Crippen LogP contribution in [0.3, 0.4) is 0 Å². The van der Waals surface area contributed by atoms with Gasteiger partial charge in [0.1, 0.15) is 0 Å². The fourth-order valence-corrected chi connectivity index (χ4v) is 0. The van der Waals surface area contributed by atoms with E-state index in [1.165, 1.54) is 0 Å². The maximum absolute atomic E-state index is 10.6. The molecule has 0 aliphatic rings. The smallest absolute Gasteiger partial charge is 0.190 e. The third-order valence-electron chi connectivity index (χ3n) is 0.187. The van der Waals surface area contributed by atoms with Crippen LogP contribution in [0, 0.1) is 0 Å². The van der Waals surface area contributed by atoms with Crippen molar-refractivity contribution in [3.63, 3.8) is 0 Å². The molecule has 0 saturated heterocycles. The van der Waals surface area contributed by atoms with Crippen molar-refractivity contribution >= 4 is 22.2 Å². The summed E-state index contributed by atoms with van der Waals surface area (Å²) in [6.45, 7) is 0. The quantitative estimate of drug-likeness (QED) is 0.553. The second-order valence-corrected chi connectivity index (χ2v) is 2.58. The van der Waals surface area contributed by atoms with Gasteiger partial charge in [-0.25, -0.2) is 17.2 Å². The van der Waals surface area contributed by atoms with Crippen LogP contribution in [0.25, 0.3) is 0 Å². The van der Waals surface area contributed by atoms with Crippen molar-refractivity contribution in [2.45, 2.75) is 0 Å². The molecule has 0 aliphatic carbocycles. The van der Waals surface area contributed by atoms with Crippen molar-refractivity contribution in [2.75, 3.05) is 12.0 Å². The van der Waals surface area contributed by atoms with Crippen LogP contribution in [0.1, 0.15) is 0 Å². The van der Waals surface area contributed by atoms with E-state index < -0.39 is 34.2 Å². The van der Waals surface area contributed by atoms with Crippen molar-refractivity contribution in [2.24, 2.45) is 0 Å². The van der Waals surface area contributed by atoms with Gasteiger partial charge in [-0.15, -0.1) is 0 Å². The van der Waals surface area contributed by atoms with Crippen LogP contribution in [-0.4, -0.2) is 29.5 Å². The summed E-state index contributed by atoms with van der Waals surface area (Å²) < 4.78 is 54.3. The fourth-order valence-electron chi connectivity index (χ4n) is 0. The Kier molecular flexibility index (Phi) is 21.4. The number of hydrogen-bond acceptors (Lipinski definition) is 2. The Morgan fingerprint density at radius 2 is 1.09 bits per heavy atom. The van der Waals surface area contributed by atoms with E-state index in [-0.39, 0.29) is 19.5 Å². The molecule has 0 aromatic heterocycles. The van der Waals surface area contributed by atoms with Crippen molar-refractivity contribution in [3.05, 3.63) is 0 Å². The number of alkyl halides is 2. The van der Waals surface area contributed by atoms with Crippen LogP contribution in [-0.2, 0) is 41.6 Å². The van der Waals surface area contributed by atoms with Gasteiger partial charge in [-0.05, 0) is 0 Å². The second-order valence-electron chi connectivity index (χ2n) is 0.861. The molecular formula is C2H6F2O4S2Zn. The molecule has 0 aromatic carbocycles. The van der Waals surface area contributed by atoms with Crippen LogP contribution in [0.4, 0.5) is 8.78 Å². The number of rotatable bonds is 2. The Labute approximate surface area is 80.1 Å². The number of hydrogen-bond donors (Lipinski definition) is 2. The molecule has 2 N–H and O–H groups in total. The monoisotopic (exact) mass is 260 g/mol. The standard InChI is InChI=1S/2CH3FO2S.Zn/c2*2-1-5(3)4;/h2*1H2,(H,3,4);. The average molecular weight is 262 g/mol. The first-order chi connectivity index (χ1) is 4.54. The molecule has 0 fully saturated rings. The fraction of sp³-hybridized carbons (Fsp3) is 1.00. The predicted molar refractivity (Wildman–Crippen MR) is 33.5 cm³/mol. The second kappa shape index (κ2) is 13.3. The Bertz CT molecular complexity index is 109. The molecule has 11 heavy (non-hydrogen) atoms. The maximum Gasteiger partial charge on any atom is 0.190 e. The first-order valence-electron chi connectivity index (χ1n) is 1.81. The van der Waals surface area contributed by atoms with Crippen molar-refractivity contribution in [3.8, 4) is 0 Å². The average Bonchev–Trinajstić information content (AvgIpc) is 1.89.